The van der Waals surface area contributed by atoms with Gasteiger partial charge >= 0.3 is 11.9 Å². The summed E-state index contributed by atoms with van der Waals surface area (Å²) in [6.45, 7) is 15.5. The molecule has 0 N–H and O–H groups in total. The van der Waals surface area contributed by atoms with Crippen LogP contribution in [0, 0.1) is 17.3 Å². The van der Waals surface area contributed by atoms with E-state index in [1.54, 1.807) is 6.92 Å². The van der Waals surface area contributed by atoms with Crippen molar-refractivity contribution in [3.63, 3.8) is 0 Å². The number of carbonyl (C=O) groups excluding carboxylic acids is 3. The number of fused-ring (bicyclic) bond motifs is 1. The van der Waals surface area contributed by atoms with E-state index in [9.17, 15) is 14.4 Å². The first-order valence-corrected chi connectivity index (χ1v) is 15.5. The van der Waals surface area contributed by atoms with Gasteiger partial charge in [0, 0.05) is 30.6 Å². The van der Waals surface area contributed by atoms with Crippen molar-refractivity contribution in [3.8, 4) is 0 Å². The summed E-state index contributed by atoms with van der Waals surface area (Å²) in [5.74, 6) is 0.114. The molecule has 0 spiro atoms. The quantitative estimate of drug-likeness (QED) is 0.148. The summed E-state index contributed by atoms with van der Waals surface area (Å²) in [7, 11) is -2.01. The monoisotopic (exact) mass is 480 g/mol. The number of hydrogen-bond acceptors (Lipinski definition) is 6. The molecule has 0 heterocycles. The normalized spacial score (nSPS) is 27.0. The van der Waals surface area contributed by atoms with Gasteiger partial charge in [0.05, 0.1) is 19.3 Å². The number of Topliss-reactive ketones (excluding diaryl/α,β-unsaturated/α-hetero) is 1. The lowest BCUT2D eigenvalue weighted by atomic mass is 9.92. The van der Waals surface area contributed by atoms with Crippen LogP contribution < -0.4 is 0 Å². The van der Waals surface area contributed by atoms with E-state index in [0.717, 1.165) is 19.3 Å². The number of carbonyl (C=O) groups is 3. The van der Waals surface area contributed by atoms with Gasteiger partial charge in [-0.1, -0.05) is 32.9 Å². The van der Waals surface area contributed by atoms with E-state index >= 15 is 0 Å². The maximum Gasteiger partial charge on any atom is 0.305 e. The first kappa shape index (κ1) is 27.8. The summed E-state index contributed by atoms with van der Waals surface area (Å²) in [5.41, 5.74) is -0.485. The zero-order valence-corrected chi connectivity index (χ0v) is 22.7. The topological polar surface area (TPSA) is 78.9 Å². The molecule has 0 bridgehead atoms. The summed E-state index contributed by atoms with van der Waals surface area (Å²) in [6.07, 6.45) is 8.48. The maximum atomic E-state index is 13.2. The molecule has 0 saturated heterocycles. The summed E-state index contributed by atoms with van der Waals surface area (Å²) >= 11 is 0. The Morgan fingerprint density at radius 3 is 2.24 bits per heavy atom. The van der Waals surface area contributed by atoms with Crippen molar-refractivity contribution in [1.29, 1.82) is 0 Å². The van der Waals surface area contributed by atoms with Crippen molar-refractivity contribution in [1.82, 2.24) is 0 Å². The Bertz CT molecular complexity index is 738. The van der Waals surface area contributed by atoms with Gasteiger partial charge in [-0.15, -0.1) is 0 Å². The lowest BCUT2D eigenvalue weighted by Gasteiger charge is -2.38. The second-order valence-corrected chi connectivity index (χ2v) is 15.7. The molecule has 6 nitrogen and oxygen atoms in total. The predicted octanol–water partition coefficient (Wildman–Crippen LogP) is 5.61. The lowest BCUT2D eigenvalue weighted by molar-refractivity contribution is -0.144. The minimum absolute atomic E-state index is 0.0703. The highest BCUT2D eigenvalue weighted by Gasteiger charge is 2.74. The molecule has 0 aromatic rings. The highest BCUT2D eigenvalue weighted by molar-refractivity contribution is 6.74. The first-order chi connectivity index (χ1) is 15.4. The Morgan fingerprint density at radius 1 is 1.06 bits per heavy atom. The summed E-state index contributed by atoms with van der Waals surface area (Å²) in [6, 6.07) is 0. The lowest BCUT2D eigenvalue weighted by Crippen LogP contribution is -2.44. The SMILES string of the molecule is CCOC(=O)CCCC/C=C\C1[C@H]2[C@H](O[Si](C)(C)C(C)(C)C)CC(=O)[C@@]12CCC(=O)OCC. The molecule has 0 aliphatic heterocycles. The number of ether oxygens (including phenoxy) is 2. The molecule has 2 rings (SSSR count). The van der Waals surface area contributed by atoms with Gasteiger partial charge in [-0.2, -0.15) is 0 Å². The Hall–Kier alpha value is -1.47. The second-order valence-electron chi connectivity index (χ2n) is 10.9. The maximum absolute atomic E-state index is 13.2. The van der Waals surface area contributed by atoms with E-state index in [4.69, 9.17) is 13.9 Å². The summed E-state index contributed by atoms with van der Waals surface area (Å²) in [4.78, 5) is 36.7. The van der Waals surface area contributed by atoms with E-state index in [-0.39, 0.29) is 47.1 Å². The van der Waals surface area contributed by atoms with Crippen molar-refractivity contribution >= 4 is 26.0 Å². The van der Waals surface area contributed by atoms with Gasteiger partial charge in [0.25, 0.3) is 0 Å². The smallest absolute Gasteiger partial charge is 0.305 e. The van der Waals surface area contributed by atoms with Crippen LogP contribution >= 0.6 is 0 Å². The molecule has 2 saturated carbocycles. The Kier molecular flexibility index (Phi) is 9.51. The average Bonchev–Trinajstić information content (AvgIpc) is 3.27. The minimum Gasteiger partial charge on any atom is -0.466 e. The van der Waals surface area contributed by atoms with E-state index in [2.05, 4.69) is 46.0 Å². The Morgan fingerprint density at radius 2 is 1.67 bits per heavy atom. The van der Waals surface area contributed by atoms with Crippen molar-refractivity contribution in [3.05, 3.63) is 12.2 Å². The van der Waals surface area contributed by atoms with Crippen LogP contribution in [0.4, 0.5) is 0 Å². The van der Waals surface area contributed by atoms with Crippen LogP contribution in [0.25, 0.3) is 0 Å². The fourth-order valence-electron chi connectivity index (χ4n) is 4.92. The van der Waals surface area contributed by atoms with Gasteiger partial charge in [-0.05, 0) is 63.6 Å². The van der Waals surface area contributed by atoms with Gasteiger partial charge in [-0.25, -0.2) is 0 Å². The molecule has 1 unspecified atom stereocenters. The van der Waals surface area contributed by atoms with Crippen molar-refractivity contribution in [2.75, 3.05) is 13.2 Å². The molecule has 0 aromatic heterocycles. The third-order valence-corrected chi connectivity index (χ3v) is 12.2. The number of esters is 2. The van der Waals surface area contributed by atoms with E-state index in [0.29, 0.717) is 32.5 Å². The zero-order valence-electron chi connectivity index (χ0n) is 21.7. The van der Waals surface area contributed by atoms with Crippen LogP contribution in [-0.4, -0.2) is 45.4 Å². The third kappa shape index (κ3) is 6.56. The number of rotatable bonds is 13. The van der Waals surface area contributed by atoms with Crippen LogP contribution in [0.3, 0.4) is 0 Å². The Labute approximate surface area is 200 Å². The van der Waals surface area contributed by atoms with Crippen LogP contribution in [0.5, 0.6) is 0 Å². The zero-order chi connectivity index (χ0) is 24.9. The molecule has 7 heteroatoms. The van der Waals surface area contributed by atoms with Gasteiger partial charge in [-0.3, -0.25) is 14.4 Å². The minimum atomic E-state index is -2.01. The fraction of sp³-hybridized carbons (Fsp3) is 0.808. The highest BCUT2D eigenvalue weighted by atomic mass is 28.4. The Balaban J connectivity index is 2.04. The van der Waals surface area contributed by atoms with Gasteiger partial charge in [0.1, 0.15) is 5.78 Å². The van der Waals surface area contributed by atoms with Crippen LogP contribution in [-0.2, 0) is 28.3 Å². The van der Waals surface area contributed by atoms with Gasteiger partial charge in [0.2, 0.25) is 0 Å². The van der Waals surface area contributed by atoms with E-state index in [1.165, 1.54) is 0 Å². The molecular formula is C26H44O6Si. The molecular weight excluding hydrogens is 436 g/mol. The van der Waals surface area contributed by atoms with Crippen molar-refractivity contribution < 1.29 is 28.3 Å². The predicted molar refractivity (Wildman–Crippen MR) is 131 cm³/mol. The molecule has 2 aliphatic carbocycles. The second kappa shape index (κ2) is 11.3. The van der Waals surface area contributed by atoms with Crippen LogP contribution in [0.2, 0.25) is 18.1 Å². The molecule has 188 valence electrons. The van der Waals surface area contributed by atoms with Gasteiger partial charge in [0.15, 0.2) is 8.32 Å². The molecule has 33 heavy (non-hydrogen) atoms. The van der Waals surface area contributed by atoms with E-state index < -0.39 is 13.7 Å². The molecule has 0 radical (unpaired) electrons. The molecule has 4 atom stereocenters. The average molecular weight is 481 g/mol. The molecule has 0 aromatic carbocycles. The summed E-state index contributed by atoms with van der Waals surface area (Å²) < 4.78 is 16.8. The molecule has 2 fully saturated rings. The van der Waals surface area contributed by atoms with Gasteiger partial charge < -0.3 is 13.9 Å². The van der Waals surface area contributed by atoms with Crippen LogP contribution in [0.15, 0.2) is 12.2 Å². The number of ketones is 1. The largest absolute Gasteiger partial charge is 0.466 e. The van der Waals surface area contributed by atoms with Crippen molar-refractivity contribution in [2.45, 2.75) is 104 Å². The van der Waals surface area contributed by atoms with Crippen molar-refractivity contribution in [2.24, 2.45) is 17.3 Å². The first-order valence-electron chi connectivity index (χ1n) is 12.6. The number of unbranched alkanes of at least 4 members (excludes halogenated alkanes) is 2. The number of hydrogen-bond donors (Lipinski definition) is 0. The highest BCUT2D eigenvalue weighted by Crippen LogP contribution is 2.70. The molecule has 2 aliphatic rings. The van der Waals surface area contributed by atoms with E-state index in [1.807, 2.05) is 6.92 Å². The number of allylic oxidation sites excluding steroid dienone is 2. The fourth-order valence-corrected chi connectivity index (χ4v) is 6.26. The summed E-state index contributed by atoms with van der Waals surface area (Å²) in [5, 5.41) is 0.0748. The standard InChI is InChI=1S/C26H44O6Si/c1-8-30-22(28)15-13-11-10-12-14-19-24-20(32-33(6,7)25(3,4)5)18-21(27)26(19,24)17-16-23(29)31-9-2/h12,14,19-20,24H,8-11,13,15-18H2,1-7H3/b14-12-/t19?,20-,24+,26-/m1/s1. The molecule has 0 amide bonds. The third-order valence-electron chi connectivity index (χ3n) is 7.72. The van der Waals surface area contributed by atoms with Crippen LogP contribution in [0.1, 0.15) is 79.6 Å².